The van der Waals surface area contributed by atoms with Crippen molar-refractivity contribution in [2.75, 3.05) is 13.7 Å². The number of methoxy groups -OCH3 is 1. The maximum absolute atomic E-state index is 13.1. The molecule has 5 nitrogen and oxygen atoms in total. The molecule has 0 aliphatic heterocycles. The highest BCUT2D eigenvalue weighted by atomic mass is 35.5. The molecule has 0 spiro atoms. The third-order valence-electron chi connectivity index (χ3n) is 4.75. The van der Waals surface area contributed by atoms with Gasteiger partial charge in [-0.2, -0.15) is 0 Å². The van der Waals surface area contributed by atoms with Crippen LogP contribution in [0.15, 0.2) is 48.5 Å². The van der Waals surface area contributed by atoms with Crippen LogP contribution in [0.5, 0.6) is 5.75 Å². The van der Waals surface area contributed by atoms with Crippen LogP contribution in [0.1, 0.15) is 37.8 Å². The van der Waals surface area contributed by atoms with Crippen LogP contribution in [0.2, 0.25) is 5.02 Å². The Labute approximate surface area is 178 Å². The number of ether oxygens (including phenoxy) is 1. The molecule has 2 amide bonds. The highest BCUT2D eigenvalue weighted by molar-refractivity contribution is 6.30. The zero-order valence-electron chi connectivity index (χ0n) is 17.3. The molecule has 0 radical (unpaired) electrons. The Balaban J connectivity index is 2.17. The first-order chi connectivity index (χ1) is 13.9. The second kappa shape index (κ2) is 11.5. The summed E-state index contributed by atoms with van der Waals surface area (Å²) < 4.78 is 5.17. The van der Waals surface area contributed by atoms with E-state index >= 15 is 0 Å². The quantitative estimate of drug-likeness (QED) is 0.590. The average Bonchev–Trinajstić information content (AvgIpc) is 2.72. The van der Waals surface area contributed by atoms with Gasteiger partial charge in [0.25, 0.3) is 0 Å². The Morgan fingerprint density at radius 3 is 2.48 bits per heavy atom. The Bertz CT molecular complexity index is 808. The fourth-order valence-corrected chi connectivity index (χ4v) is 3.18. The van der Waals surface area contributed by atoms with Crippen LogP contribution in [0.4, 0.5) is 0 Å². The standard InChI is InChI=1S/C23H29ClN2O3/c1-4-5-13-25-23(28)17(2)26(16-19-7-6-8-20(24)14-19)22(27)15-18-9-11-21(29-3)12-10-18/h6-12,14,17H,4-5,13,15-16H2,1-3H3,(H,25,28)/t17-/m1/s1. The third-order valence-corrected chi connectivity index (χ3v) is 4.99. The fourth-order valence-electron chi connectivity index (χ4n) is 2.97. The summed E-state index contributed by atoms with van der Waals surface area (Å²) >= 11 is 6.10. The summed E-state index contributed by atoms with van der Waals surface area (Å²) in [5, 5.41) is 3.52. The molecule has 0 fully saturated rings. The Morgan fingerprint density at radius 2 is 1.86 bits per heavy atom. The van der Waals surface area contributed by atoms with Crippen molar-refractivity contribution in [3.8, 4) is 5.75 Å². The minimum absolute atomic E-state index is 0.117. The van der Waals surface area contributed by atoms with Crippen molar-refractivity contribution in [2.24, 2.45) is 0 Å². The molecular formula is C23H29ClN2O3. The van der Waals surface area contributed by atoms with Gasteiger partial charge < -0.3 is 15.0 Å². The number of nitrogens with one attached hydrogen (secondary N) is 1. The average molecular weight is 417 g/mol. The van der Waals surface area contributed by atoms with Crippen molar-refractivity contribution in [2.45, 2.75) is 45.7 Å². The summed E-state index contributed by atoms with van der Waals surface area (Å²) in [7, 11) is 1.60. The number of carbonyl (C=O) groups is 2. The zero-order valence-corrected chi connectivity index (χ0v) is 18.0. The second-order valence-corrected chi connectivity index (χ2v) is 7.43. The van der Waals surface area contributed by atoms with Crippen molar-refractivity contribution in [1.82, 2.24) is 10.2 Å². The number of nitrogens with zero attached hydrogens (tertiary/aromatic N) is 1. The highest BCUT2D eigenvalue weighted by Gasteiger charge is 2.26. The van der Waals surface area contributed by atoms with Crippen LogP contribution < -0.4 is 10.1 Å². The molecule has 2 aromatic rings. The van der Waals surface area contributed by atoms with E-state index in [-0.39, 0.29) is 18.2 Å². The molecular weight excluding hydrogens is 388 g/mol. The number of halogens is 1. The van der Waals surface area contributed by atoms with Gasteiger partial charge in [-0.25, -0.2) is 0 Å². The summed E-state index contributed by atoms with van der Waals surface area (Å²) in [4.78, 5) is 27.3. The van der Waals surface area contributed by atoms with Crippen LogP contribution >= 0.6 is 11.6 Å². The molecule has 0 saturated heterocycles. The molecule has 1 N–H and O–H groups in total. The van der Waals surface area contributed by atoms with Crippen molar-refractivity contribution in [1.29, 1.82) is 0 Å². The minimum atomic E-state index is -0.586. The van der Waals surface area contributed by atoms with E-state index in [1.54, 1.807) is 25.0 Å². The van der Waals surface area contributed by atoms with Crippen LogP contribution in [0, 0.1) is 0 Å². The summed E-state index contributed by atoms with van der Waals surface area (Å²) in [5.41, 5.74) is 1.75. The lowest BCUT2D eigenvalue weighted by molar-refractivity contribution is -0.140. The third kappa shape index (κ3) is 7.09. The summed E-state index contributed by atoms with van der Waals surface area (Å²) in [6.07, 6.45) is 2.11. The fraction of sp³-hybridized carbons (Fsp3) is 0.391. The van der Waals surface area contributed by atoms with E-state index in [1.165, 1.54) is 0 Å². The lowest BCUT2D eigenvalue weighted by Gasteiger charge is -2.29. The molecule has 0 saturated carbocycles. The molecule has 0 heterocycles. The van der Waals surface area contributed by atoms with Crippen LogP contribution in [-0.4, -0.2) is 36.4 Å². The van der Waals surface area contributed by atoms with Gasteiger partial charge >= 0.3 is 0 Å². The molecule has 1 atom stereocenters. The van der Waals surface area contributed by atoms with Crippen LogP contribution in [0.25, 0.3) is 0 Å². The van der Waals surface area contributed by atoms with E-state index in [9.17, 15) is 9.59 Å². The first-order valence-electron chi connectivity index (χ1n) is 9.89. The minimum Gasteiger partial charge on any atom is -0.497 e. The van der Waals surface area contributed by atoms with Crippen molar-refractivity contribution in [3.63, 3.8) is 0 Å². The molecule has 0 aliphatic rings. The van der Waals surface area contributed by atoms with E-state index in [2.05, 4.69) is 12.2 Å². The van der Waals surface area contributed by atoms with Gasteiger partial charge in [-0.05, 0) is 48.7 Å². The molecule has 6 heteroatoms. The number of rotatable bonds is 10. The maximum atomic E-state index is 13.1. The predicted octanol–water partition coefficient (Wildman–Crippen LogP) is 4.22. The molecule has 0 unspecified atom stereocenters. The van der Waals surface area contributed by atoms with Gasteiger partial charge in [0.05, 0.1) is 13.5 Å². The molecule has 2 rings (SSSR count). The molecule has 0 bridgehead atoms. The number of amides is 2. The molecule has 2 aromatic carbocycles. The van der Waals surface area contributed by atoms with Gasteiger partial charge in [0, 0.05) is 18.1 Å². The Kier molecular flexibility index (Phi) is 9.00. The number of carbonyl (C=O) groups excluding carboxylic acids is 2. The van der Waals surface area contributed by atoms with Crippen molar-refractivity contribution < 1.29 is 14.3 Å². The molecule has 0 aromatic heterocycles. The lowest BCUT2D eigenvalue weighted by atomic mass is 10.1. The number of hydrogen-bond donors (Lipinski definition) is 1. The first kappa shape index (κ1) is 22.8. The van der Waals surface area contributed by atoms with Gasteiger partial charge in [-0.3, -0.25) is 9.59 Å². The van der Waals surface area contributed by atoms with Gasteiger partial charge in [0.15, 0.2) is 0 Å². The number of hydrogen-bond acceptors (Lipinski definition) is 3. The van der Waals surface area contributed by atoms with E-state index in [0.717, 1.165) is 29.7 Å². The van der Waals surface area contributed by atoms with Crippen LogP contribution in [0.3, 0.4) is 0 Å². The van der Waals surface area contributed by atoms with Gasteiger partial charge in [0.2, 0.25) is 11.8 Å². The Morgan fingerprint density at radius 1 is 1.14 bits per heavy atom. The topological polar surface area (TPSA) is 58.6 Å². The normalized spacial score (nSPS) is 11.6. The smallest absolute Gasteiger partial charge is 0.242 e. The van der Waals surface area contributed by atoms with Crippen molar-refractivity contribution in [3.05, 3.63) is 64.7 Å². The van der Waals surface area contributed by atoms with Crippen LogP contribution in [-0.2, 0) is 22.6 Å². The maximum Gasteiger partial charge on any atom is 0.242 e. The van der Waals surface area contributed by atoms with Gasteiger partial charge in [0.1, 0.15) is 11.8 Å². The van der Waals surface area contributed by atoms with Gasteiger partial charge in [-0.15, -0.1) is 0 Å². The predicted molar refractivity (Wildman–Crippen MR) is 116 cm³/mol. The van der Waals surface area contributed by atoms with E-state index in [4.69, 9.17) is 16.3 Å². The summed E-state index contributed by atoms with van der Waals surface area (Å²) in [6, 6.07) is 14.1. The zero-order chi connectivity index (χ0) is 21.2. The monoisotopic (exact) mass is 416 g/mol. The largest absolute Gasteiger partial charge is 0.497 e. The van der Waals surface area contributed by atoms with E-state index in [0.29, 0.717) is 18.1 Å². The number of benzene rings is 2. The van der Waals surface area contributed by atoms with Gasteiger partial charge in [-0.1, -0.05) is 49.2 Å². The SMILES string of the molecule is CCCCNC(=O)[C@@H](C)N(Cc1cccc(Cl)c1)C(=O)Cc1ccc(OC)cc1. The first-order valence-corrected chi connectivity index (χ1v) is 10.3. The second-order valence-electron chi connectivity index (χ2n) is 7.00. The Hall–Kier alpha value is -2.53. The number of unbranched alkanes of at least 4 members (excludes halogenated alkanes) is 1. The lowest BCUT2D eigenvalue weighted by Crippen LogP contribution is -2.48. The van der Waals surface area contributed by atoms with E-state index < -0.39 is 6.04 Å². The highest BCUT2D eigenvalue weighted by Crippen LogP contribution is 2.17. The van der Waals surface area contributed by atoms with Crippen molar-refractivity contribution >= 4 is 23.4 Å². The molecule has 29 heavy (non-hydrogen) atoms. The van der Waals surface area contributed by atoms with E-state index in [1.807, 2.05) is 42.5 Å². The molecule has 0 aliphatic carbocycles. The summed E-state index contributed by atoms with van der Waals surface area (Å²) in [6.45, 7) is 4.76. The summed E-state index contributed by atoms with van der Waals surface area (Å²) in [5.74, 6) is 0.470. The molecule has 156 valence electrons.